The predicted octanol–water partition coefficient (Wildman–Crippen LogP) is 4.15. The summed E-state index contributed by atoms with van der Waals surface area (Å²) in [5, 5.41) is 19.5. The van der Waals surface area contributed by atoms with Gasteiger partial charge in [-0.3, -0.25) is 34.2 Å². The molecule has 2 N–H and O–H groups in total. The molecule has 68 heavy (non-hydrogen) atoms. The fraction of sp³-hybridized carbons (Fsp3) is 0.388. The number of nitriles is 1. The van der Waals surface area contributed by atoms with E-state index in [4.69, 9.17) is 9.72 Å². The second kappa shape index (κ2) is 19.0. The molecule has 5 amide bonds. The SMILES string of the molecule is CCOc1cc(-c2ccc(N3CCC(CN(C)C(=O)CCN4CCN(c5ccc6c(c5)C(=O)N(C5CCC(=O)NC5=O)C6)CC4)(NC(=O)c4cc(F)ccc4F)CC3)nc2)c2c(C#N)cnn2c1. The maximum Gasteiger partial charge on any atom is 0.255 e. The van der Waals surface area contributed by atoms with Crippen molar-refractivity contribution in [3.8, 4) is 22.9 Å². The lowest BCUT2D eigenvalue weighted by molar-refractivity contribution is -0.137. The lowest BCUT2D eigenvalue weighted by Crippen LogP contribution is -2.61. The number of halogens is 2. The molecule has 9 rings (SSSR count). The highest BCUT2D eigenvalue weighted by Crippen LogP contribution is 2.34. The van der Waals surface area contributed by atoms with E-state index in [1.54, 1.807) is 33.8 Å². The fourth-order valence-electron chi connectivity index (χ4n) is 9.80. The lowest BCUT2D eigenvalue weighted by atomic mass is 9.86. The quantitative estimate of drug-likeness (QED) is 0.161. The molecule has 0 spiro atoms. The summed E-state index contributed by atoms with van der Waals surface area (Å²) in [7, 11) is 1.69. The van der Waals surface area contributed by atoms with E-state index in [0.717, 1.165) is 40.6 Å². The number of benzene rings is 2. The Kier molecular flexibility index (Phi) is 12.8. The van der Waals surface area contributed by atoms with Gasteiger partial charge in [0.05, 0.1) is 41.2 Å². The first kappa shape index (κ1) is 45.7. The van der Waals surface area contributed by atoms with E-state index < -0.39 is 40.6 Å². The zero-order valence-electron chi connectivity index (χ0n) is 37.8. The van der Waals surface area contributed by atoms with Crippen molar-refractivity contribution in [2.24, 2.45) is 0 Å². The number of rotatable bonds is 13. The molecule has 3 saturated heterocycles. The molecule has 4 aliphatic rings. The number of nitrogens with one attached hydrogen (secondary N) is 2. The first-order valence-electron chi connectivity index (χ1n) is 22.8. The summed E-state index contributed by atoms with van der Waals surface area (Å²) in [6.07, 6.45) is 6.44. The maximum absolute atomic E-state index is 14.9. The molecule has 3 aromatic heterocycles. The zero-order valence-corrected chi connectivity index (χ0v) is 37.8. The molecule has 5 aromatic rings. The molecule has 4 aliphatic heterocycles. The Morgan fingerprint density at radius 3 is 2.49 bits per heavy atom. The number of pyridine rings is 2. The molecule has 352 valence electrons. The second-order valence-corrected chi connectivity index (χ2v) is 17.8. The van der Waals surface area contributed by atoms with E-state index in [9.17, 15) is 38.0 Å². The highest BCUT2D eigenvalue weighted by molar-refractivity contribution is 6.05. The van der Waals surface area contributed by atoms with Gasteiger partial charge in [0.1, 0.15) is 35.3 Å². The van der Waals surface area contributed by atoms with Crippen molar-refractivity contribution in [2.75, 3.05) is 75.8 Å². The number of hydrogen-bond acceptors (Lipinski definition) is 12. The van der Waals surface area contributed by atoms with Crippen molar-refractivity contribution in [1.29, 1.82) is 5.26 Å². The zero-order chi connectivity index (χ0) is 47.7. The van der Waals surface area contributed by atoms with Gasteiger partial charge in [-0.2, -0.15) is 10.4 Å². The number of carbonyl (C=O) groups is 5. The summed E-state index contributed by atoms with van der Waals surface area (Å²) in [5.74, 6) is -2.21. The number of carbonyl (C=O) groups excluding carboxylic acids is 5. The van der Waals surface area contributed by atoms with Crippen molar-refractivity contribution >= 4 is 46.6 Å². The summed E-state index contributed by atoms with van der Waals surface area (Å²) in [6.45, 7) is 6.88. The van der Waals surface area contributed by atoms with Gasteiger partial charge in [-0.1, -0.05) is 6.07 Å². The van der Waals surface area contributed by atoms with E-state index in [1.807, 2.05) is 43.3 Å². The number of amides is 5. The Morgan fingerprint density at radius 1 is 0.971 bits per heavy atom. The van der Waals surface area contributed by atoms with Crippen LogP contribution in [0, 0.1) is 23.0 Å². The molecule has 0 bridgehead atoms. The molecule has 3 fully saturated rings. The first-order chi connectivity index (χ1) is 32.8. The lowest BCUT2D eigenvalue weighted by Gasteiger charge is -2.44. The Balaban J connectivity index is 0.825. The van der Waals surface area contributed by atoms with Crippen LogP contribution in [0.3, 0.4) is 0 Å². The molecule has 1 atom stereocenters. The number of nitrogens with zero attached hydrogens (tertiary/aromatic N) is 9. The number of hydrogen-bond donors (Lipinski definition) is 2. The van der Waals surface area contributed by atoms with E-state index in [0.29, 0.717) is 106 Å². The van der Waals surface area contributed by atoms with Crippen molar-refractivity contribution in [3.63, 3.8) is 0 Å². The molecule has 17 nitrogen and oxygen atoms in total. The molecular weight excluding hydrogens is 877 g/mol. The maximum atomic E-state index is 14.9. The Bertz CT molecular complexity index is 2830. The molecule has 19 heteroatoms. The molecule has 1 unspecified atom stereocenters. The molecule has 7 heterocycles. The number of imide groups is 1. The number of piperazine rings is 1. The van der Waals surface area contributed by atoms with Crippen LogP contribution in [0.15, 0.2) is 73.2 Å². The van der Waals surface area contributed by atoms with Crippen LogP contribution in [0.4, 0.5) is 20.3 Å². The smallest absolute Gasteiger partial charge is 0.255 e. The first-order valence-corrected chi connectivity index (χ1v) is 22.8. The van der Waals surface area contributed by atoms with Gasteiger partial charge in [0.25, 0.3) is 11.8 Å². The van der Waals surface area contributed by atoms with Gasteiger partial charge in [-0.15, -0.1) is 0 Å². The number of fused-ring (bicyclic) bond motifs is 2. The van der Waals surface area contributed by atoms with Crippen LogP contribution < -0.4 is 25.2 Å². The number of aromatic nitrogens is 3. The summed E-state index contributed by atoms with van der Waals surface area (Å²) in [6, 6.07) is 15.7. The molecular formula is C49H51F2N11O6. The van der Waals surface area contributed by atoms with Crippen molar-refractivity contribution in [1.82, 2.24) is 39.9 Å². The third-order valence-corrected chi connectivity index (χ3v) is 13.5. The fourth-order valence-corrected chi connectivity index (χ4v) is 9.80. The topological polar surface area (TPSA) is 189 Å². The Labute approximate surface area is 391 Å². The molecule has 0 aliphatic carbocycles. The number of piperidine rings is 2. The third-order valence-electron chi connectivity index (χ3n) is 13.5. The normalized spacial score (nSPS) is 18.3. The van der Waals surface area contributed by atoms with Gasteiger partial charge in [0, 0.05) is 107 Å². The van der Waals surface area contributed by atoms with Crippen molar-refractivity contribution in [3.05, 3.63) is 107 Å². The van der Waals surface area contributed by atoms with Crippen molar-refractivity contribution in [2.45, 2.75) is 57.2 Å². The average Bonchev–Trinajstić information content (AvgIpc) is 3.91. The van der Waals surface area contributed by atoms with E-state index in [1.165, 1.54) is 6.20 Å². The predicted molar refractivity (Wildman–Crippen MR) is 246 cm³/mol. The van der Waals surface area contributed by atoms with Crippen LogP contribution in [-0.4, -0.2) is 136 Å². The third kappa shape index (κ3) is 9.28. The molecule has 2 aromatic carbocycles. The summed E-state index contributed by atoms with van der Waals surface area (Å²) < 4.78 is 36.5. The average molecular weight is 928 g/mol. The summed E-state index contributed by atoms with van der Waals surface area (Å²) in [4.78, 5) is 79.5. The Hall–Kier alpha value is -7.46. The van der Waals surface area contributed by atoms with E-state index in [-0.39, 0.29) is 37.1 Å². The summed E-state index contributed by atoms with van der Waals surface area (Å²) in [5.41, 5.74) is 3.45. The standard InChI is InChI=1S/C49H51F2N11O6/c1-3-68-36-24-37(45-33(25-52)27-54-62(45)29-36)31-5-10-42(53-26-31)60-16-13-49(14-17-60,56-46(65)39-22-34(50)6-8-40(39)51)30-57(2)44(64)12-15-58-18-20-59(21-19-58)35-7-4-32-28-61(48(67)38(32)23-35)41-9-11-43(63)55-47(41)66/h4-8,10,22-24,26-27,29,41H,3,9,11-21,28,30H2,1-2H3,(H,56,65)(H,55,63,66). The summed E-state index contributed by atoms with van der Waals surface area (Å²) >= 11 is 0. The number of anilines is 2. The van der Waals surface area contributed by atoms with Gasteiger partial charge in [0.15, 0.2) is 0 Å². The highest BCUT2D eigenvalue weighted by atomic mass is 19.1. The minimum absolute atomic E-state index is 0.129. The van der Waals surface area contributed by atoms with Crippen LogP contribution in [-0.2, 0) is 20.9 Å². The molecule has 0 radical (unpaired) electrons. The van der Waals surface area contributed by atoms with Gasteiger partial charge in [-0.25, -0.2) is 18.3 Å². The van der Waals surface area contributed by atoms with Crippen LogP contribution in [0.25, 0.3) is 16.6 Å². The van der Waals surface area contributed by atoms with Crippen LogP contribution in [0.2, 0.25) is 0 Å². The van der Waals surface area contributed by atoms with E-state index in [2.05, 4.69) is 36.5 Å². The highest BCUT2D eigenvalue weighted by Gasteiger charge is 2.41. The second-order valence-electron chi connectivity index (χ2n) is 17.8. The monoisotopic (exact) mass is 927 g/mol. The van der Waals surface area contributed by atoms with Gasteiger partial charge in [-0.05, 0) is 80.3 Å². The van der Waals surface area contributed by atoms with Gasteiger partial charge >= 0.3 is 0 Å². The Morgan fingerprint density at radius 2 is 1.76 bits per heavy atom. The van der Waals surface area contributed by atoms with Crippen LogP contribution in [0.1, 0.15) is 70.9 Å². The minimum Gasteiger partial charge on any atom is -0.492 e. The van der Waals surface area contributed by atoms with Crippen molar-refractivity contribution < 1.29 is 37.5 Å². The number of likely N-dealkylation sites (N-methyl/N-ethyl adjacent to an activating group) is 1. The number of ether oxygens (including phenoxy) is 1. The molecule has 0 saturated carbocycles. The van der Waals surface area contributed by atoms with Crippen LogP contribution >= 0.6 is 0 Å². The van der Waals surface area contributed by atoms with Gasteiger partial charge in [0.2, 0.25) is 17.7 Å². The van der Waals surface area contributed by atoms with E-state index >= 15 is 0 Å². The largest absolute Gasteiger partial charge is 0.492 e. The van der Waals surface area contributed by atoms with Gasteiger partial charge < -0.3 is 29.7 Å². The minimum atomic E-state index is -0.973. The van der Waals surface area contributed by atoms with Crippen LogP contribution in [0.5, 0.6) is 5.75 Å².